The Balaban J connectivity index is 1.34. The molecular weight excluding hydrogens is 398 g/mol. The van der Waals surface area contributed by atoms with E-state index < -0.39 is 0 Å². The molecule has 2 aromatic rings. The van der Waals surface area contributed by atoms with Gasteiger partial charge >= 0.3 is 0 Å². The summed E-state index contributed by atoms with van der Waals surface area (Å²) in [7, 11) is 0. The van der Waals surface area contributed by atoms with Gasteiger partial charge in [0.15, 0.2) is 0 Å². The lowest BCUT2D eigenvalue weighted by molar-refractivity contribution is -0.127. The van der Waals surface area contributed by atoms with Crippen molar-refractivity contribution in [3.63, 3.8) is 0 Å². The molecule has 1 aliphatic carbocycles. The van der Waals surface area contributed by atoms with E-state index in [4.69, 9.17) is 9.40 Å². The first-order valence-electron chi connectivity index (χ1n) is 12.7. The zero-order valence-electron chi connectivity index (χ0n) is 19.9. The quantitative estimate of drug-likeness (QED) is 0.634. The first kappa shape index (κ1) is 23.0. The van der Waals surface area contributed by atoms with E-state index >= 15 is 0 Å². The molecule has 0 bridgehead atoms. The van der Waals surface area contributed by atoms with Gasteiger partial charge in [-0.2, -0.15) is 0 Å². The molecule has 1 saturated carbocycles. The molecule has 0 unspecified atom stereocenters. The standard InChI is InChI=1S/C27H39N3O2/c1-3-21-13-15-22(16-14-21)27-29-25(20(2)32-27)19-30-17-9-10-23(18-30)26(31)28-24-11-7-5-4-6-8-12-24/h13-16,23-24H,3-12,17-19H2,1-2H3,(H,28,31)/t23-/m1/s1. The maximum absolute atomic E-state index is 13.0. The molecule has 174 valence electrons. The van der Waals surface area contributed by atoms with Crippen molar-refractivity contribution in [3.8, 4) is 11.5 Å². The Morgan fingerprint density at radius 2 is 1.78 bits per heavy atom. The van der Waals surface area contributed by atoms with Crippen LogP contribution in [0.3, 0.4) is 0 Å². The average molecular weight is 438 g/mol. The molecule has 0 spiro atoms. The fraction of sp³-hybridized carbons (Fsp3) is 0.630. The number of amides is 1. The maximum Gasteiger partial charge on any atom is 0.226 e. The van der Waals surface area contributed by atoms with Crippen molar-refractivity contribution in [2.75, 3.05) is 13.1 Å². The number of hydrogen-bond acceptors (Lipinski definition) is 4. The lowest BCUT2D eigenvalue weighted by Gasteiger charge is -2.32. The molecule has 1 amide bonds. The molecule has 5 heteroatoms. The zero-order chi connectivity index (χ0) is 22.3. The lowest BCUT2D eigenvalue weighted by Crippen LogP contribution is -2.45. The van der Waals surface area contributed by atoms with E-state index in [1.165, 1.54) is 37.7 Å². The number of likely N-dealkylation sites (tertiary alicyclic amines) is 1. The number of aryl methyl sites for hydroxylation is 2. The summed E-state index contributed by atoms with van der Waals surface area (Å²) in [6, 6.07) is 8.82. The molecule has 1 aliphatic heterocycles. The van der Waals surface area contributed by atoms with Crippen molar-refractivity contribution in [2.45, 2.75) is 90.6 Å². The minimum absolute atomic E-state index is 0.0856. The molecule has 1 aromatic carbocycles. The Morgan fingerprint density at radius 1 is 1.06 bits per heavy atom. The van der Waals surface area contributed by atoms with Gasteiger partial charge in [0.1, 0.15) is 5.76 Å². The third-order valence-electron chi connectivity index (χ3n) is 7.20. The van der Waals surface area contributed by atoms with Crippen LogP contribution in [0.1, 0.15) is 81.7 Å². The van der Waals surface area contributed by atoms with Gasteiger partial charge in [0.2, 0.25) is 11.8 Å². The summed E-state index contributed by atoms with van der Waals surface area (Å²) >= 11 is 0. The predicted molar refractivity (Wildman–Crippen MR) is 128 cm³/mol. The summed E-state index contributed by atoms with van der Waals surface area (Å²) in [5.74, 6) is 1.91. The number of nitrogens with one attached hydrogen (secondary N) is 1. The van der Waals surface area contributed by atoms with Crippen molar-refractivity contribution < 1.29 is 9.21 Å². The number of carbonyl (C=O) groups is 1. The van der Waals surface area contributed by atoms with E-state index in [1.54, 1.807) is 0 Å². The molecule has 1 N–H and O–H groups in total. The van der Waals surface area contributed by atoms with Crippen LogP contribution in [0, 0.1) is 12.8 Å². The molecule has 32 heavy (non-hydrogen) atoms. The lowest BCUT2D eigenvalue weighted by atomic mass is 9.94. The summed E-state index contributed by atoms with van der Waals surface area (Å²) in [5.41, 5.74) is 3.32. The molecule has 2 heterocycles. The number of nitrogens with zero attached hydrogens (tertiary/aromatic N) is 2. The number of piperidine rings is 1. The number of hydrogen-bond donors (Lipinski definition) is 1. The van der Waals surface area contributed by atoms with E-state index in [2.05, 4.69) is 41.4 Å². The highest BCUT2D eigenvalue weighted by Gasteiger charge is 2.28. The highest BCUT2D eigenvalue weighted by molar-refractivity contribution is 5.79. The van der Waals surface area contributed by atoms with Crippen LogP contribution in [0.25, 0.3) is 11.5 Å². The van der Waals surface area contributed by atoms with Crippen LogP contribution in [0.2, 0.25) is 0 Å². The molecule has 2 fully saturated rings. The molecule has 1 aromatic heterocycles. The van der Waals surface area contributed by atoms with Crippen LogP contribution in [-0.4, -0.2) is 34.9 Å². The monoisotopic (exact) mass is 437 g/mol. The Morgan fingerprint density at radius 3 is 2.50 bits per heavy atom. The van der Waals surface area contributed by atoms with Crippen molar-refractivity contribution in [3.05, 3.63) is 41.3 Å². The molecular formula is C27H39N3O2. The molecule has 0 radical (unpaired) electrons. The van der Waals surface area contributed by atoms with Crippen LogP contribution in [0.5, 0.6) is 0 Å². The summed E-state index contributed by atoms with van der Waals surface area (Å²) < 4.78 is 6.00. The summed E-state index contributed by atoms with van der Waals surface area (Å²) in [4.78, 5) is 20.2. The predicted octanol–water partition coefficient (Wildman–Crippen LogP) is 5.65. The van der Waals surface area contributed by atoms with Crippen molar-refractivity contribution in [2.24, 2.45) is 5.92 Å². The van der Waals surface area contributed by atoms with Gasteiger partial charge in [-0.05, 0) is 63.3 Å². The van der Waals surface area contributed by atoms with Crippen LogP contribution >= 0.6 is 0 Å². The molecule has 2 aliphatic rings. The maximum atomic E-state index is 13.0. The molecule has 4 rings (SSSR count). The molecule has 1 saturated heterocycles. The second-order valence-electron chi connectivity index (χ2n) is 9.70. The molecule has 1 atom stereocenters. The Labute approximate surface area is 193 Å². The van der Waals surface area contributed by atoms with Crippen LogP contribution in [0.4, 0.5) is 0 Å². The van der Waals surface area contributed by atoms with Gasteiger partial charge in [-0.3, -0.25) is 9.69 Å². The largest absolute Gasteiger partial charge is 0.441 e. The minimum Gasteiger partial charge on any atom is -0.441 e. The van der Waals surface area contributed by atoms with Gasteiger partial charge in [-0.15, -0.1) is 0 Å². The number of rotatable bonds is 6. The van der Waals surface area contributed by atoms with Gasteiger partial charge in [0.05, 0.1) is 11.6 Å². The minimum atomic E-state index is 0.0856. The normalized spacial score (nSPS) is 21.1. The number of aromatic nitrogens is 1. The van der Waals surface area contributed by atoms with Crippen molar-refractivity contribution in [1.29, 1.82) is 0 Å². The average Bonchev–Trinajstić information content (AvgIpc) is 3.15. The number of carbonyl (C=O) groups excluding carboxylic acids is 1. The Kier molecular flexibility index (Phi) is 8.01. The zero-order valence-corrected chi connectivity index (χ0v) is 19.9. The third-order valence-corrected chi connectivity index (χ3v) is 7.20. The summed E-state index contributed by atoms with van der Waals surface area (Å²) in [6.45, 7) is 6.72. The first-order valence-corrected chi connectivity index (χ1v) is 12.7. The first-order chi connectivity index (χ1) is 15.6. The van der Waals surface area contributed by atoms with E-state index in [1.807, 2.05) is 6.92 Å². The number of oxazole rings is 1. The van der Waals surface area contributed by atoms with Crippen molar-refractivity contribution >= 4 is 5.91 Å². The van der Waals surface area contributed by atoms with Gasteiger partial charge in [-0.1, -0.05) is 51.2 Å². The summed E-state index contributed by atoms with van der Waals surface area (Å²) in [6.07, 6.45) is 11.8. The Bertz CT molecular complexity index is 866. The van der Waals surface area contributed by atoms with E-state index in [0.717, 1.165) is 68.8 Å². The van der Waals surface area contributed by atoms with Crippen LogP contribution in [-0.2, 0) is 17.8 Å². The second-order valence-corrected chi connectivity index (χ2v) is 9.70. The van der Waals surface area contributed by atoms with Crippen LogP contribution in [0.15, 0.2) is 28.7 Å². The fourth-order valence-corrected chi connectivity index (χ4v) is 5.13. The number of benzene rings is 1. The highest BCUT2D eigenvalue weighted by Crippen LogP contribution is 2.25. The summed E-state index contributed by atoms with van der Waals surface area (Å²) in [5, 5.41) is 3.39. The second kappa shape index (κ2) is 11.1. The van der Waals surface area contributed by atoms with E-state index in [0.29, 0.717) is 11.9 Å². The fourth-order valence-electron chi connectivity index (χ4n) is 5.13. The topological polar surface area (TPSA) is 58.4 Å². The van der Waals surface area contributed by atoms with Crippen molar-refractivity contribution in [1.82, 2.24) is 15.2 Å². The van der Waals surface area contributed by atoms with Crippen LogP contribution < -0.4 is 5.32 Å². The van der Waals surface area contributed by atoms with Gasteiger partial charge in [0, 0.05) is 24.7 Å². The SMILES string of the molecule is CCc1ccc(-c2nc(CN3CCC[C@@H](C(=O)NC4CCCCCCC4)C3)c(C)o2)cc1. The Hall–Kier alpha value is -2.14. The van der Waals surface area contributed by atoms with E-state index in [9.17, 15) is 4.79 Å². The smallest absolute Gasteiger partial charge is 0.226 e. The van der Waals surface area contributed by atoms with E-state index in [-0.39, 0.29) is 11.8 Å². The van der Waals surface area contributed by atoms with Gasteiger partial charge < -0.3 is 9.73 Å². The third kappa shape index (κ3) is 6.00. The highest BCUT2D eigenvalue weighted by atomic mass is 16.4. The van der Waals surface area contributed by atoms with Gasteiger partial charge in [0.25, 0.3) is 0 Å². The van der Waals surface area contributed by atoms with Gasteiger partial charge in [-0.25, -0.2) is 4.98 Å². The molecule has 5 nitrogen and oxygen atoms in total.